The van der Waals surface area contributed by atoms with E-state index in [1.807, 2.05) is 0 Å². The molecule has 2 rings (SSSR count). The van der Waals surface area contributed by atoms with Crippen molar-refractivity contribution in [3.05, 3.63) is 82.1 Å². The SMILES string of the molecule is C=C(C)c1ccc(/C(F)=C/C(c2ccc(Cl)c(F)c2)C(F)(F)F)cc1C(C)(F)F. The number of halogens is 8. The quantitative estimate of drug-likeness (QED) is 0.414. The second-order valence-electron chi connectivity index (χ2n) is 6.64. The molecule has 0 saturated carbocycles. The van der Waals surface area contributed by atoms with Crippen LogP contribution in [-0.2, 0) is 5.92 Å². The summed E-state index contributed by atoms with van der Waals surface area (Å²) >= 11 is 5.48. The van der Waals surface area contributed by atoms with E-state index >= 15 is 0 Å². The highest BCUT2D eigenvalue weighted by Crippen LogP contribution is 2.40. The van der Waals surface area contributed by atoms with Gasteiger partial charge in [0.25, 0.3) is 5.92 Å². The van der Waals surface area contributed by atoms with Crippen molar-refractivity contribution in [1.82, 2.24) is 0 Å². The molecule has 2 aromatic carbocycles. The lowest BCUT2D eigenvalue weighted by Gasteiger charge is -2.19. The summed E-state index contributed by atoms with van der Waals surface area (Å²) in [6.07, 6.45) is -4.73. The maximum Gasteiger partial charge on any atom is 0.399 e. The maximum atomic E-state index is 14.7. The molecule has 0 aliphatic carbocycles. The van der Waals surface area contributed by atoms with Gasteiger partial charge in [0.15, 0.2) is 0 Å². The lowest BCUT2D eigenvalue weighted by molar-refractivity contribution is -0.139. The molecular weight excluding hydrogens is 421 g/mol. The molecule has 1 atom stereocenters. The van der Waals surface area contributed by atoms with E-state index in [2.05, 4.69) is 6.58 Å². The Morgan fingerprint density at radius 3 is 2.17 bits per heavy atom. The van der Waals surface area contributed by atoms with Gasteiger partial charge in [-0.2, -0.15) is 13.2 Å². The summed E-state index contributed by atoms with van der Waals surface area (Å²) < 4.78 is 96.4. The van der Waals surface area contributed by atoms with Crippen LogP contribution in [0, 0.1) is 5.82 Å². The van der Waals surface area contributed by atoms with Crippen molar-refractivity contribution in [2.24, 2.45) is 0 Å². The molecule has 8 heteroatoms. The number of benzene rings is 2. The molecule has 0 bridgehead atoms. The van der Waals surface area contributed by atoms with Gasteiger partial charge in [-0.3, -0.25) is 0 Å². The van der Waals surface area contributed by atoms with E-state index in [1.165, 1.54) is 13.0 Å². The minimum atomic E-state index is -4.95. The van der Waals surface area contributed by atoms with Crippen LogP contribution in [0.25, 0.3) is 11.4 Å². The van der Waals surface area contributed by atoms with E-state index in [0.717, 1.165) is 24.3 Å². The van der Waals surface area contributed by atoms with Gasteiger partial charge >= 0.3 is 6.18 Å². The largest absolute Gasteiger partial charge is 0.399 e. The predicted molar refractivity (Wildman–Crippen MR) is 100 cm³/mol. The Balaban J connectivity index is 2.58. The number of rotatable bonds is 5. The Kier molecular flexibility index (Phi) is 6.52. The summed E-state index contributed by atoms with van der Waals surface area (Å²) in [5.74, 6) is -8.33. The molecule has 0 heterocycles. The zero-order valence-electron chi connectivity index (χ0n) is 15.3. The summed E-state index contributed by atoms with van der Waals surface area (Å²) in [7, 11) is 0. The van der Waals surface area contributed by atoms with E-state index in [9.17, 15) is 30.7 Å². The number of hydrogen-bond donors (Lipinski definition) is 0. The third-order valence-electron chi connectivity index (χ3n) is 4.20. The van der Waals surface area contributed by atoms with Crippen LogP contribution < -0.4 is 0 Å². The molecule has 0 fully saturated rings. The minimum absolute atomic E-state index is 0.0705. The zero-order chi connectivity index (χ0) is 22.1. The second-order valence-corrected chi connectivity index (χ2v) is 7.04. The standard InChI is InChI=1S/C21H16ClF7/c1-11(2)14-6-4-13(8-16(14)20(3,25)26)18(23)10-15(21(27,28)29)12-5-7-17(22)19(24)9-12/h4-10,15H,1H2,2-3H3/b18-10-. The van der Waals surface area contributed by atoms with Gasteiger partial charge in [-0.25, -0.2) is 17.6 Å². The van der Waals surface area contributed by atoms with Crippen LogP contribution in [0.4, 0.5) is 30.7 Å². The average Bonchev–Trinajstić information content (AvgIpc) is 2.59. The van der Waals surface area contributed by atoms with Crippen molar-refractivity contribution in [3.8, 4) is 0 Å². The summed E-state index contributed by atoms with van der Waals surface area (Å²) in [4.78, 5) is 0. The summed E-state index contributed by atoms with van der Waals surface area (Å²) in [6.45, 7) is 5.64. The minimum Gasteiger partial charge on any atom is -0.207 e. The Hall–Kier alpha value is -2.28. The molecular formula is C21H16ClF7. The van der Waals surface area contributed by atoms with Gasteiger partial charge in [-0.15, -0.1) is 0 Å². The molecule has 0 radical (unpaired) electrons. The highest BCUT2D eigenvalue weighted by atomic mass is 35.5. The van der Waals surface area contributed by atoms with Crippen LogP contribution in [0.3, 0.4) is 0 Å². The maximum absolute atomic E-state index is 14.7. The molecule has 0 aliphatic rings. The van der Waals surface area contributed by atoms with Crippen LogP contribution in [0.5, 0.6) is 0 Å². The fourth-order valence-electron chi connectivity index (χ4n) is 2.76. The Labute approximate surface area is 168 Å². The van der Waals surface area contributed by atoms with Gasteiger partial charge in [-0.05, 0) is 42.3 Å². The van der Waals surface area contributed by atoms with Crippen molar-refractivity contribution >= 4 is 23.0 Å². The first-order valence-corrected chi connectivity index (χ1v) is 8.67. The number of allylic oxidation sites excluding steroid dienone is 2. The lowest BCUT2D eigenvalue weighted by Crippen LogP contribution is -2.19. The fourth-order valence-corrected chi connectivity index (χ4v) is 2.87. The van der Waals surface area contributed by atoms with Crippen LogP contribution >= 0.6 is 11.6 Å². The van der Waals surface area contributed by atoms with E-state index < -0.39 is 46.4 Å². The topological polar surface area (TPSA) is 0 Å². The Bertz CT molecular complexity index is 952. The molecule has 2 aromatic rings. The molecule has 156 valence electrons. The van der Waals surface area contributed by atoms with Crippen molar-refractivity contribution in [3.63, 3.8) is 0 Å². The lowest BCUT2D eigenvalue weighted by atomic mass is 9.93. The second kappa shape index (κ2) is 8.22. The molecule has 0 aromatic heterocycles. The first-order chi connectivity index (χ1) is 13.2. The molecule has 0 saturated heterocycles. The Morgan fingerprint density at radius 2 is 1.69 bits per heavy atom. The van der Waals surface area contributed by atoms with E-state index in [1.54, 1.807) is 0 Å². The van der Waals surface area contributed by atoms with Crippen molar-refractivity contribution in [2.75, 3.05) is 0 Å². The van der Waals surface area contributed by atoms with Gasteiger partial charge in [-0.1, -0.05) is 42.0 Å². The monoisotopic (exact) mass is 436 g/mol. The van der Waals surface area contributed by atoms with Gasteiger partial charge in [0.2, 0.25) is 0 Å². The molecule has 0 amide bonds. The molecule has 29 heavy (non-hydrogen) atoms. The van der Waals surface area contributed by atoms with Crippen LogP contribution in [-0.4, -0.2) is 6.18 Å². The molecule has 0 aliphatic heterocycles. The molecule has 0 nitrogen and oxygen atoms in total. The Morgan fingerprint density at radius 1 is 1.07 bits per heavy atom. The summed E-state index contributed by atoms with van der Waals surface area (Å²) in [6, 6.07) is 5.44. The van der Waals surface area contributed by atoms with Crippen molar-refractivity contribution in [2.45, 2.75) is 31.9 Å². The zero-order valence-corrected chi connectivity index (χ0v) is 16.1. The molecule has 0 N–H and O–H groups in total. The van der Waals surface area contributed by atoms with Crippen LogP contribution in [0.2, 0.25) is 5.02 Å². The van der Waals surface area contributed by atoms with Gasteiger partial charge < -0.3 is 0 Å². The first-order valence-electron chi connectivity index (χ1n) is 8.29. The van der Waals surface area contributed by atoms with Crippen molar-refractivity contribution < 1.29 is 30.7 Å². The molecule has 0 spiro atoms. The van der Waals surface area contributed by atoms with E-state index in [4.69, 9.17) is 11.6 Å². The predicted octanol–water partition coefficient (Wildman–Crippen LogP) is 8.28. The molecule has 1 unspecified atom stereocenters. The smallest absolute Gasteiger partial charge is 0.207 e. The number of alkyl halides is 5. The van der Waals surface area contributed by atoms with Crippen LogP contribution in [0.15, 0.2) is 49.1 Å². The fraction of sp³-hybridized carbons (Fsp3) is 0.238. The summed E-state index contributed by atoms with van der Waals surface area (Å²) in [5, 5.41) is -0.385. The third kappa shape index (κ3) is 5.41. The van der Waals surface area contributed by atoms with Crippen LogP contribution in [0.1, 0.15) is 42.0 Å². The normalized spacial score (nSPS) is 14.1. The number of hydrogen-bond acceptors (Lipinski definition) is 0. The van der Waals surface area contributed by atoms with Gasteiger partial charge in [0.05, 0.1) is 5.02 Å². The highest BCUT2D eigenvalue weighted by Gasteiger charge is 2.40. The van der Waals surface area contributed by atoms with E-state index in [0.29, 0.717) is 18.6 Å². The summed E-state index contributed by atoms with van der Waals surface area (Å²) in [5.41, 5.74) is -1.24. The average molecular weight is 437 g/mol. The van der Waals surface area contributed by atoms with Gasteiger partial charge in [0.1, 0.15) is 17.6 Å². The van der Waals surface area contributed by atoms with Gasteiger partial charge in [0, 0.05) is 18.1 Å². The van der Waals surface area contributed by atoms with E-state index in [-0.39, 0.29) is 16.7 Å². The third-order valence-corrected chi connectivity index (χ3v) is 4.50. The first kappa shape index (κ1) is 23.0. The highest BCUT2D eigenvalue weighted by molar-refractivity contribution is 6.30. The van der Waals surface area contributed by atoms with Crippen molar-refractivity contribution in [1.29, 1.82) is 0 Å².